The molecule has 0 aromatic heterocycles. The first-order valence-corrected chi connectivity index (χ1v) is 14.4. The van der Waals surface area contributed by atoms with Crippen molar-refractivity contribution in [1.82, 2.24) is 4.90 Å². The van der Waals surface area contributed by atoms with E-state index in [0.29, 0.717) is 119 Å². The fourth-order valence-electron chi connectivity index (χ4n) is 3.19. The van der Waals surface area contributed by atoms with Gasteiger partial charge in [-0.2, -0.15) is 0 Å². The minimum atomic E-state index is -0.0605. The summed E-state index contributed by atoms with van der Waals surface area (Å²) in [5.41, 5.74) is 0. The molecule has 0 spiro atoms. The summed E-state index contributed by atoms with van der Waals surface area (Å²) in [5, 5.41) is 0. The quantitative estimate of drug-likeness (QED) is 0.112. The maximum Gasteiger partial charge on any atom is 0.157 e. The Hall–Kier alpha value is -0.480. The van der Waals surface area contributed by atoms with Crippen molar-refractivity contribution in [1.29, 1.82) is 0 Å². The van der Waals surface area contributed by atoms with Gasteiger partial charge in [-0.25, -0.2) is 0 Å². The van der Waals surface area contributed by atoms with Gasteiger partial charge in [0.15, 0.2) is 6.29 Å². The molecule has 0 amide bonds. The van der Waals surface area contributed by atoms with E-state index >= 15 is 0 Å². The Morgan fingerprint density at radius 1 is 0.462 bits per heavy atom. The summed E-state index contributed by atoms with van der Waals surface area (Å²) in [6.45, 7) is 12.2. The Kier molecular flexibility index (Phi) is 28.6. The molecule has 0 bridgehead atoms. The predicted molar refractivity (Wildman–Crippen MR) is 145 cm³/mol. The molecule has 12 nitrogen and oxygen atoms in total. The van der Waals surface area contributed by atoms with Gasteiger partial charge in [-0.3, -0.25) is 0 Å². The van der Waals surface area contributed by atoms with Crippen molar-refractivity contribution in [2.45, 2.75) is 25.6 Å². The molecule has 1 aliphatic rings. The highest BCUT2D eigenvalue weighted by Crippen LogP contribution is 2.13. The van der Waals surface area contributed by atoms with Gasteiger partial charge < -0.3 is 57.0 Å². The van der Waals surface area contributed by atoms with Crippen molar-refractivity contribution in [3.8, 4) is 0 Å². The highest BCUT2D eigenvalue weighted by molar-refractivity contribution is 4.53. The SMILES string of the molecule is CN(C)CCOCCOCCOCCOCCOCCOCCOCCOCCOCCOC1CCCCO1. The molecule has 0 radical (unpaired) electrons. The summed E-state index contributed by atoms with van der Waals surface area (Å²) in [5.74, 6) is 0. The smallest absolute Gasteiger partial charge is 0.157 e. The second-order valence-electron chi connectivity index (χ2n) is 8.98. The third-order valence-electron chi connectivity index (χ3n) is 5.33. The lowest BCUT2D eigenvalue weighted by molar-refractivity contribution is -0.169. The molecule has 0 aromatic carbocycles. The molecule has 1 unspecified atom stereocenters. The van der Waals surface area contributed by atoms with Crippen LogP contribution in [0.4, 0.5) is 0 Å². The van der Waals surface area contributed by atoms with Gasteiger partial charge in [0.2, 0.25) is 0 Å². The van der Waals surface area contributed by atoms with Gasteiger partial charge in [0, 0.05) is 13.2 Å². The van der Waals surface area contributed by atoms with E-state index < -0.39 is 0 Å². The van der Waals surface area contributed by atoms with Crippen LogP contribution in [-0.4, -0.2) is 164 Å². The van der Waals surface area contributed by atoms with E-state index in [4.69, 9.17) is 52.1 Å². The molecule has 1 atom stereocenters. The van der Waals surface area contributed by atoms with Crippen LogP contribution >= 0.6 is 0 Å². The molecule has 1 rings (SSSR count). The zero-order chi connectivity index (χ0) is 27.9. The Balaban J connectivity index is 1.61. The molecule has 0 N–H and O–H groups in total. The number of ether oxygens (including phenoxy) is 11. The third-order valence-corrected chi connectivity index (χ3v) is 5.33. The van der Waals surface area contributed by atoms with E-state index in [1.54, 1.807) is 0 Å². The van der Waals surface area contributed by atoms with Crippen molar-refractivity contribution < 1.29 is 52.1 Å². The van der Waals surface area contributed by atoms with E-state index in [9.17, 15) is 0 Å². The molecule has 1 saturated heterocycles. The van der Waals surface area contributed by atoms with E-state index in [0.717, 1.165) is 32.6 Å². The Bertz CT molecular complexity index is 471. The lowest BCUT2D eigenvalue weighted by Gasteiger charge is -2.22. The number of nitrogens with zero attached hydrogens (tertiary/aromatic N) is 1. The van der Waals surface area contributed by atoms with E-state index in [1.165, 1.54) is 6.42 Å². The van der Waals surface area contributed by atoms with Crippen molar-refractivity contribution in [2.75, 3.05) is 153 Å². The standard InChI is InChI=1S/C27H55NO11/c1-28(2)6-8-29-9-10-30-11-12-31-13-14-32-15-16-33-17-18-34-19-20-35-21-22-36-23-24-37-25-26-39-27-5-3-4-7-38-27/h27H,3-26H2,1-2H3. The highest BCUT2D eigenvalue weighted by Gasteiger charge is 2.13. The first-order chi connectivity index (χ1) is 19.3. The fraction of sp³-hybridized carbons (Fsp3) is 1.00. The zero-order valence-corrected chi connectivity index (χ0v) is 24.5. The van der Waals surface area contributed by atoms with Gasteiger partial charge in [-0.15, -0.1) is 0 Å². The lowest BCUT2D eigenvalue weighted by Crippen LogP contribution is -2.24. The number of hydrogen-bond donors (Lipinski definition) is 0. The lowest BCUT2D eigenvalue weighted by atomic mass is 10.2. The molecular weight excluding hydrogens is 514 g/mol. The van der Waals surface area contributed by atoms with E-state index in [1.807, 2.05) is 14.1 Å². The zero-order valence-electron chi connectivity index (χ0n) is 24.5. The van der Waals surface area contributed by atoms with Crippen molar-refractivity contribution >= 4 is 0 Å². The molecule has 39 heavy (non-hydrogen) atoms. The van der Waals surface area contributed by atoms with Gasteiger partial charge in [0.25, 0.3) is 0 Å². The molecule has 0 aliphatic carbocycles. The molecule has 1 aliphatic heterocycles. The van der Waals surface area contributed by atoms with Crippen molar-refractivity contribution in [3.05, 3.63) is 0 Å². The van der Waals surface area contributed by atoms with Gasteiger partial charge in [0.1, 0.15) is 0 Å². The molecule has 0 aromatic rings. The fourth-order valence-corrected chi connectivity index (χ4v) is 3.19. The van der Waals surface area contributed by atoms with Crippen LogP contribution in [-0.2, 0) is 52.1 Å². The first kappa shape index (κ1) is 36.5. The molecular formula is C27H55NO11. The summed E-state index contributed by atoms with van der Waals surface area (Å²) in [7, 11) is 4.04. The van der Waals surface area contributed by atoms with Gasteiger partial charge >= 0.3 is 0 Å². The molecule has 12 heteroatoms. The summed E-state index contributed by atoms with van der Waals surface area (Å²) in [6, 6.07) is 0. The predicted octanol–water partition coefficient (Wildman–Crippen LogP) is 1.24. The molecule has 1 heterocycles. The summed E-state index contributed by atoms with van der Waals surface area (Å²) in [6.07, 6.45) is 3.21. The van der Waals surface area contributed by atoms with Crippen LogP contribution < -0.4 is 0 Å². The van der Waals surface area contributed by atoms with Crippen LogP contribution in [0.5, 0.6) is 0 Å². The minimum absolute atomic E-state index is 0.0605. The maximum atomic E-state index is 5.60. The number of rotatable bonds is 31. The van der Waals surface area contributed by atoms with Crippen LogP contribution in [0.3, 0.4) is 0 Å². The summed E-state index contributed by atoms with van der Waals surface area (Å²) >= 11 is 0. The number of likely N-dealkylation sites (N-methyl/N-ethyl adjacent to an activating group) is 1. The van der Waals surface area contributed by atoms with Crippen LogP contribution in [0.15, 0.2) is 0 Å². The van der Waals surface area contributed by atoms with Crippen LogP contribution in [0, 0.1) is 0 Å². The van der Waals surface area contributed by atoms with Crippen molar-refractivity contribution in [2.24, 2.45) is 0 Å². The number of hydrogen-bond acceptors (Lipinski definition) is 12. The van der Waals surface area contributed by atoms with Crippen molar-refractivity contribution in [3.63, 3.8) is 0 Å². The first-order valence-electron chi connectivity index (χ1n) is 14.4. The average Bonchev–Trinajstić information content (AvgIpc) is 2.94. The normalized spacial score (nSPS) is 15.9. The summed E-state index contributed by atoms with van der Waals surface area (Å²) in [4.78, 5) is 2.08. The molecule has 0 saturated carbocycles. The van der Waals surface area contributed by atoms with Crippen LogP contribution in [0.2, 0.25) is 0 Å². The largest absolute Gasteiger partial charge is 0.378 e. The van der Waals surface area contributed by atoms with Crippen LogP contribution in [0.25, 0.3) is 0 Å². The third kappa shape index (κ3) is 28.8. The Labute approximate surface area is 235 Å². The molecule has 234 valence electrons. The molecule has 1 fully saturated rings. The van der Waals surface area contributed by atoms with E-state index in [-0.39, 0.29) is 6.29 Å². The average molecular weight is 570 g/mol. The maximum absolute atomic E-state index is 5.60. The summed E-state index contributed by atoms with van der Waals surface area (Å²) < 4.78 is 60.3. The topological polar surface area (TPSA) is 105 Å². The van der Waals surface area contributed by atoms with Gasteiger partial charge in [-0.1, -0.05) is 0 Å². The second kappa shape index (κ2) is 30.5. The monoisotopic (exact) mass is 569 g/mol. The second-order valence-corrected chi connectivity index (χ2v) is 8.98. The van der Waals surface area contributed by atoms with Crippen LogP contribution in [0.1, 0.15) is 19.3 Å². The van der Waals surface area contributed by atoms with Gasteiger partial charge in [-0.05, 0) is 33.4 Å². The highest BCUT2D eigenvalue weighted by atomic mass is 16.7. The Morgan fingerprint density at radius 3 is 1.10 bits per heavy atom. The van der Waals surface area contributed by atoms with Gasteiger partial charge in [0.05, 0.1) is 126 Å². The minimum Gasteiger partial charge on any atom is -0.378 e. The van der Waals surface area contributed by atoms with E-state index in [2.05, 4.69) is 4.90 Å². The Morgan fingerprint density at radius 2 is 0.795 bits per heavy atom.